The minimum Gasteiger partial charge on any atom is -0.397 e. The molecule has 0 aliphatic heterocycles. The number of thiophene rings is 1. The number of benzene rings is 1. The Bertz CT molecular complexity index is 653. The molecule has 0 saturated carbocycles. The number of hydrogen-bond acceptors (Lipinski definition) is 3. The Morgan fingerprint density at radius 1 is 1.42 bits per heavy atom. The summed E-state index contributed by atoms with van der Waals surface area (Å²) in [5, 5.41) is 9.11. The summed E-state index contributed by atoms with van der Waals surface area (Å²) in [5.41, 5.74) is 9.45. The van der Waals surface area contributed by atoms with E-state index in [1.165, 1.54) is 23.5 Å². The van der Waals surface area contributed by atoms with Gasteiger partial charge in [0.25, 0.3) is 0 Å². The maximum atomic E-state index is 13.2. The number of rotatable bonds is 3. The molecule has 2 N–H and O–H groups in total. The van der Waals surface area contributed by atoms with Gasteiger partial charge in [-0.15, -0.1) is 11.3 Å². The molecule has 0 aliphatic carbocycles. The number of nitrogens with two attached hydrogens (primary N) is 1. The maximum Gasteiger partial charge on any atom is 0.128 e. The number of nitrogen functional groups attached to an aromatic ring is 1. The molecule has 0 spiro atoms. The molecule has 1 heterocycles. The summed E-state index contributed by atoms with van der Waals surface area (Å²) in [5.74, 6) is -0.247. The third-order valence-corrected chi connectivity index (χ3v) is 4.27. The highest BCUT2D eigenvalue weighted by molar-refractivity contribution is 7.16. The number of aryl methyl sites for hydroxylation is 1. The Kier molecular flexibility index (Phi) is 3.87. The van der Waals surface area contributed by atoms with Crippen LogP contribution in [0.25, 0.3) is 10.4 Å². The van der Waals surface area contributed by atoms with E-state index in [1.54, 1.807) is 6.07 Å². The van der Waals surface area contributed by atoms with Crippen LogP contribution in [0.4, 0.5) is 10.1 Å². The Balaban J connectivity index is 2.64. The fourth-order valence-corrected chi connectivity index (χ4v) is 3.32. The number of nitrogens with zero attached hydrogens (tertiary/aromatic N) is 1. The predicted octanol–water partition coefficient (Wildman–Crippen LogP) is 4.27. The Morgan fingerprint density at radius 2 is 2.16 bits per heavy atom. The van der Waals surface area contributed by atoms with Gasteiger partial charge < -0.3 is 5.73 Å². The molecule has 0 bridgehead atoms. The number of nitriles is 1. The average molecular weight is 274 g/mol. The molecular formula is C15H15FN2S. The molecule has 0 unspecified atom stereocenters. The van der Waals surface area contributed by atoms with Crippen LogP contribution in [0.3, 0.4) is 0 Å². The summed E-state index contributed by atoms with van der Waals surface area (Å²) >= 11 is 1.39. The molecular weight excluding hydrogens is 259 g/mol. The zero-order valence-corrected chi connectivity index (χ0v) is 11.8. The highest BCUT2D eigenvalue weighted by atomic mass is 32.1. The maximum absolute atomic E-state index is 13.2. The van der Waals surface area contributed by atoms with E-state index in [2.05, 4.69) is 13.0 Å². The number of halogens is 1. The van der Waals surface area contributed by atoms with E-state index in [1.807, 2.05) is 6.92 Å². The summed E-state index contributed by atoms with van der Waals surface area (Å²) < 4.78 is 13.2. The van der Waals surface area contributed by atoms with Gasteiger partial charge in [0.05, 0.1) is 5.69 Å². The highest BCUT2D eigenvalue weighted by Gasteiger charge is 2.17. The standard InChI is InChI=1S/C15H15FN2S/c1-3-4-12-14(18)13(8-17)19-15(12)11-6-5-10(16)7-9(11)2/h5-7H,3-4,18H2,1-2H3. The van der Waals surface area contributed by atoms with Crippen molar-refractivity contribution in [1.82, 2.24) is 0 Å². The molecule has 2 aromatic rings. The zero-order valence-electron chi connectivity index (χ0n) is 11.0. The molecule has 0 fully saturated rings. The topological polar surface area (TPSA) is 49.8 Å². The summed E-state index contributed by atoms with van der Waals surface area (Å²) in [7, 11) is 0. The Morgan fingerprint density at radius 3 is 2.74 bits per heavy atom. The SMILES string of the molecule is CCCc1c(-c2ccc(F)cc2C)sc(C#N)c1N. The minimum absolute atomic E-state index is 0.247. The van der Waals surface area contributed by atoms with Gasteiger partial charge in [-0.1, -0.05) is 19.4 Å². The Labute approximate surface area is 116 Å². The lowest BCUT2D eigenvalue weighted by Crippen LogP contribution is -1.94. The van der Waals surface area contributed by atoms with E-state index in [9.17, 15) is 4.39 Å². The molecule has 19 heavy (non-hydrogen) atoms. The fourth-order valence-electron chi connectivity index (χ4n) is 2.16. The van der Waals surface area contributed by atoms with Gasteiger partial charge in [0.1, 0.15) is 16.8 Å². The molecule has 0 saturated heterocycles. The zero-order chi connectivity index (χ0) is 14.0. The lowest BCUT2D eigenvalue weighted by atomic mass is 10.0. The second-order valence-electron chi connectivity index (χ2n) is 4.47. The summed E-state index contributed by atoms with van der Waals surface area (Å²) in [6.07, 6.45) is 1.79. The highest BCUT2D eigenvalue weighted by Crippen LogP contribution is 2.40. The van der Waals surface area contributed by atoms with E-state index in [-0.39, 0.29) is 5.82 Å². The van der Waals surface area contributed by atoms with Crippen LogP contribution < -0.4 is 5.73 Å². The van der Waals surface area contributed by atoms with E-state index in [4.69, 9.17) is 11.0 Å². The molecule has 0 atom stereocenters. The molecule has 4 heteroatoms. The van der Waals surface area contributed by atoms with Gasteiger partial charge in [-0.25, -0.2) is 4.39 Å². The van der Waals surface area contributed by atoms with Crippen LogP contribution in [-0.2, 0) is 6.42 Å². The number of anilines is 1. The molecule has 0 amide bonds. The molecule has 2 nitrogen and oxygen atoms in total. The summed E-state index contributed by atoms with van der Waals surface area (Å²) in [6, 6.07) is 6.85. The largest absolute Gasteiger partial charge is 0.397 e. The molecule has 0 radical (unpaired) electrons. The van der Waals surface area contributed by atoms with Crippen LogP contribution in [-0.4, -0.2) is 0 Å². The van der Waals surface area contributed by atoms with Crippen LogP contribution in [0.5, 0.6) is 0 Å². The first-order chi connectivity index (χ1) is 9.08. The van der Waals surface area contributed by atoms with Gasteiger partial charge in [-0.3, -0.25) is 0 Å². The van der Waals surface area contributed by atoms with Crippen molar-refractivity contribution in [3.05, 3.63) is 40.0 Å². The van der Waals surface area contributed by atoms with Gasteiger partial charge in [0.2, 0.25) is 0 Å². The lowest BCUT2D eigenvalue weighted by molar-refractivity contribution is 0.627. The molecule has 1 aromatic heterocycles. The van der Waals surface area contributed by atoms with Gasteiger partial charge in [-0.2, -0.15) is 5.26 Å². The van der Waals surface area contributed by atoms with E-state index in [0.29, 0.717) is 10.6 Å². The first kappa shape index (κ1) is 13.6. The van der Waals surface area contributed by atoms with Crippen molar-refractivity contribution in [2.24, 2.45) is 0 Å². The van der Waals surface area contributed by atoms with Crippen molar-refractivity contribution in [2.75, 3.05) is 5.73 Å². The van der Waals surface area contributed by atoms with Crippen LogP contribution in [0.15, 0.2) is 18.2 Å². The first-order valence-electron chi connectivity index (χ1n) is 6.16. The van der Waals surface area contributed by atoms with E-state index in [0.717, 1.165) is 34.4 Å². The van der Waals surface area contributed by atoms with E-state index >= 15 is 0 Å². The number of hydrogen-bond donors (Lipinski definition) is 1. The Hall–Kier alpha value is -1.86. The van der Waals surface area contributed by atoms with Gasteiger partial charge >= 0.3 is 0 Å². The van der Waals surface area contributed by atoms with Gasteiger partial charge in [0.15, 0.2) is 0 Å². The van der Waals surface area contributed by atoms with Crippen molar-refractivity contribution in [3.8, 4) is 16.5 Å². The normalized spacial score (nSPS) is 10.4. The summed E-state index contributed by atoms with van der Waals surface area (Å²) in [6.45, 7) is 3.94. The third-order valence-electron chi connectivity index (χ3n) is 3.08. The molecule has 0 aliphatic rings. The predicted molar refractivity (Wildman–Crippen MR) is 77.6 cm³/mol. The monoisotopic (exact) mass is 274 g/mol. The van der Waals surface area contributed by atoms with Crippen LogP contribution in [0.1, 0.15) is 29.3 Å². The van der Waals surface area contributed by atoms with Crippen molar-refractivity contribution < 1.29 is 4.39 Å². The van der Waals surface area contributed by atoms with Crippen LogP contribution in [0.2, 0.25) is 0 Å². The quantitative estimate of drug-likeness (QED) is 0.908. The molecule has 98 valence electrons. The second kappa shape index (κ2) is 5.41. The van der Waals surface area contributed by atoms with Crippen molar-refractivity contribution in [1.29, 1.82) is 5.26 Å². The van der Waals surface area contributed by atoms with Crippen LogP contribution in [0, 0.1) is 24.1 Å². The molecule has 1 aromatic carbocycles. The smallest absolute Gasteiger partial charge is 0.128 e. The van der Waals surface area contributed by atoms with Gasteiger partial charge in [0, 0.05) is 4.88 Å². The average Bonchev–Trinajstić information content (AvgIpc) is 2.68. The summed E-state index contributed by atoms with van der Waals surface area (Å²) in [4.78, 5) is 1.54. The van der Waals surface area contributed by atoms with Crippen molar-refractivity contribution in [2.45, 2.75) is 26.7 Å². The van der Waals surface area contributed by atoms with E-state index < -0.39 is 0 Å². The fraction of sp³-hybridized carbons (Fsp3) is 0.267. The second-order valence-corrected chi connectivity index (χ2v) is 5.49. The van der Waals surface area contributed by atoms with Crippen LogP contribution >= 0.6 is 11.3 Å². The molecule has 2 rings (SSSR count). The lowest BCUT2D eigenvalue weighted by Gasteiger charge is -2.07. The van der Waals surface area contributed by atoms with Crippen molar-refractivity contribution >= 4 is 17.0 Å². The van der Waals surface area contributed by atoms with Crippen molar-refractivity contribution in [3.63, 3.8) is 0 Å². The third kappa shape index (κ3) is 2.47. The van der Waals surface area contributed by atoms with Gasteiger partial charge in [-0.05, 0) is 42.2 Å². The first-order valence-corrected chi connectivity index (χ1v) is 6.97. The minimum atomic E-state index is -0.247.